The second-order valence-corrected chi connectivity index (χ2v) is 10.8. The van der Waals surface area contributed by atoms with Crippen LogP contribution in [0.25, 0.3) is 0 Å². The lowest BCUT2D eigenvalue weighted by atomic mass is 9.82. The van der Waals surface area contributed by atoms with Crippen molar-refractivity contribution in [2.24, 2.45) is 5.41 Å². The van der Waals surface area contributed by atoms with Crippen LogP contribution < -0.4 is 24.4 Å². The van der Waals surface area contributed by atoms with Gasteiger partial charge in [-0.05, 0) is 52.8 Å². The van der Waals surface area contributed by atoms with Gasteiger partial charge in [0.15, 0.2) is 11.5 Å². The summed E-state index contributed by atoms with van der Waals surface area (Å²) in [6, 6.07) is 7.84. The molecular weight excluding hydrogens is 476 g/mol. The third kappa shape index (κ3) is 4.16. The summed E-state index contributed by atoms with van der Waals surface area (Å²) < 4.78 is 47.1. The molecule has 192 valence electrons. The normalized spacial score (nSPS) is 22.8. The Kier molecular flexibility index (Phi) is 5.14. The Hall–Kier alpha value is -3.63. The number of anilines is 2. The van der Waals surface area contributed by atoms with Crippen LogP contribution in [-0.4, -0.2) is 48.5 Å². The molecular formula is C25H27F2N3O6. The first kappa shape index (κ1) is 24.1. The molecule has 1 N–H and O–H groups in total. The molecule has 1 saturated heterocycles. The number of fused-ring (bicyclic) bond motifs is 2. The second kappa shape index (κ2) is 7.68. The molecule has 4 heterocycles. The van der Waals surface area contributed by atoms with Gasteiger partial charge in [-0.25, -0.2) is 4.98 Å². The molecule has 2 aromatic rings. The molecule has 0 spiro atoms. The molecule has 11 heteroatoms. The van der Waals surface area contributed by atoms with Crippen LogP contribution in [0.1, 0.15) is 40.2 Å². The van der Waals surface area contributed by atoms with Crippen molar-refractivity contribution < 1.29 is 37.3 Å². The second-order valence-electron chi connectivity index (χ2n) is 10.8. The van der Waals surface area contributed by atoms with Gasteiger partial charge in [0.2, 0.25) is 5.91 Å². The smallest absolute Gasteiger partial charge is 0.492 e. The Morgan fingerprint density at radius 2 is 1.75 bits per heavy atom. The molecule has 1 aromatic carbocycles. The van der Waals surface area contributed by atoms with Gasteiger partial charge in [0.1, 0.15) is 40.4 Å². The topological polar surface area (TPSA) is 99.2 Å². The third-order valence-corrected chi connectivity index (χ3v) is 6.39. The van der Waals surface area contributed by atoms with E-state index >= 15 is 0 Å². The quantitative estimate of drug-likeness (QED) is 0.628. The maximum atomic E-state index is 13.5. The summed E-state index contributed by atoms with van der Waals surface area (Å²) in [6.07, 6.45) is -3.77. The van der Waals surface area contributed by atoms with Gasteiger partial charge in [-0.2, -0.15) is 0 Å². The zero-order valence-electron chi connectivity index (χ0n) is 20.6. The first-order valence-corrected chi connectivity index (χ1v) is 11.5. The van der Waals surface area contributed by atoms with E-state index in [2.05, 4.69) is 19.8 Å². The maximum absolute atomic E-state index is 13.5. The van der Waals surface area contributed by atoms with Crippen LogP contribution in [0.3, 0.4) is 0 Å². The van der Waals surface area contributed by atoms with Crippen molar-refractivity contribution in [3.63, 3.8) is 0 Å². The van der Waals surface area contributed by atoms with Crippen molar-refractivity contribution in [3.05, 3.63) is 35.9 Å². The lowest BCUT2D eigenvalue weighted by Crippen LogP contribution is -2.60. The van der Waals surface area contributed by atoms with E-state index in [0.29, 0.717) is 30.3 Å². The zero-order valence-corrected chi connectivity index (χ0v) is 20.6. The number of alkyl halides is 2. The molecule has 1 amide bonds. The fourth-order valence-electron chi connectivity index (χ4n) is 4.43. The number of nitrogens with zero attached hydrogens (tertiary/aromatic N) is 2. The molecule has 0 bridgehead atoms. The fraction of sp³-hybridized carbons (Fsp3) is 0.480. The number of ether oxygens (including phenoxy) is 4. The Balaban J connectivity index is 1.29. The van der Waals surface area contributed by atoms with Gasteiger partial charge < -0.3 is 29.2 Å². The predicted molar refractivity (Wildman–Crippen MR) is 125 cm³/mol. The Morgan fingerprint density at radius 3 is 2.42 bits per heavy atom. The van der Waals surface area contributed by atoms with E-state index in [1.807, 2.05) is 32.6 Å². The van der Waals surface area contributed by atoms with Crippen LogP contribution in [0.2, 0.25) is 0 Å². The number of esters is 1. The summed E-state index contributed by atoms with van der Waals surface area (Å²) in [7, 11) is 0. The van der Waals surface area contributed by atoms with E-state index < -0.39 is 28.6 Å². The summed E-state index contributed by atoms with van der Waals surface area (Å²) in [4.78, 5) is 32.3. The number of pyridine rings is 1. The molecule has 1 fully saturated rings. The third-order valence-electron chi connectivity index (χ3n) is 6.39. The molecule has 1 atom stereocenters. The van der Waals surface area contributed by atoms with Crippen LogP contribution in [-0.2, 0) is 19.7 Å². The van der Waals surface area contributed by atoms with E-state index in [-0.39, 0.29) is 29.8 Å². The van der Waals surface area contributed by atoms with Crippen molar-refractivity contribution in [2.45, 2.75) is 51.9 Å². The number of nitrogens with one attached hydrogen (secondary N) is 1. The molecule has 0 radical (unpaired) electrons. The highest BCUT2D eigenvalue weighted by Gasteiger charge is 2.50. The highest BCUT2D eigenvalue weighted by atomic mass is 19.3. The van der Waals surface area contributed by atoms with Crippen molar-refractivity contribution >= 4 is 23.5 Å². The number of rotatable bonds is 4. The lowest BCUT2D eigenvalue weighted by Gasteiger charge is -2.47. The number of amides is 1. The van der Waals surface area contributed by atoms with E-state index in [1.165, 1.54) is 12.1 Å². The van der Waals surface area contributed by atoms with Crippen LogP contribution >= 0.6 is 0 Å². The minimum absolute atomic E-state index is 0.00745. The monoisotopic (exact) mass is 503 g/mol. The van der Waals surface area contributed by atoms with Gasteiger partial charge >= 0.3 is 12.3 Å². The standard InChI is InChI=1S/C25H27F2N3O6/c1-22(2,3)36-21(32)23(4)11-30(12-23)19-8-6-7-18(28-19)29-20(31)24(5)13-33-15-10-17-16(9-14(15)24)34-25(26,27)35-17/h6-10H,11-13H2,1-5H3,(H,28,29,31)/t24-/m0/s1. The highest BCUT2D eigenvalue weighted by molar-refractivity contribution is 5.99. The van der Waals surface area contributed by atoms with Gasteiger partial charge in [0.25, 0.3) is 0 Å². The van der Waals surface area contributed by atoms with Crippen LogP contribution in [0.15, 0.2) is 30.3 Å². The molecule has 3 aliphatic rings. The number of hydrogen-bond donors (Lipinski definition) is 1. The molecule has 5 rings (SSSR count). The van der Waals surface area contributed by atoms with E-state index in [4.69, 9.17) is 9.47 Å². The Bertz CT molecular complexity index is 1250. The summed E-state index contributed by atoms with van der Waals surface area (Å²) >= 11 is 0. The zero-order chi connectivity index (χ0) is 26.1. The summed E-state index contributed by atoms with van der Waals surface area (Å²) in [5.74, 6) is 0.204. The number of carbonyl (C=O) groups excluding carboxylic acids is 2. The van der Waals surface area contributed by atoms with Crippen molar-refractivity contribution in [1.82, 2.24) is 4.98 Å². The SMILES string of the molecule is CC(C)(C)OC(=O)C1(C)CN(c2cccc(NC(=O)[C@@]3(C)COc4cc5c(cc43)OC(F)(F)O5)n2)C1. The van der Waals surface area contributed by atoms with Gasteiger partial charge in [-0.3, -0.25) is 9.59 Å². The number of benzene rings is 1. The number of aromatic nitrogens is 1. The molecule has 3 aliphatic heterocycles. The van der Waals surface area contributed by atoms with Gasteiger partial charge in [-0.1, -0.05) is 6.07 Å². The lowest BCUT2D eigenvalue weighted by molar-refractivity contribution is -0.286. The molecule has 36 heavy (non-hydrogen) atoms. The highest BCUT2D eigenvalue weighted by Crippen LogP contribution is 2.50. The van der Waals surface area contributed by atoms with Crippen LogP contribution in [0, 0.1) is 5.41 Å². The predicted octanol–water partition coefficient (Wildman–Crippen LogP) is 3.86. The number of carbonyl (C=O) groups is 2. The van der Waals surface area contributed by atoms with Crippen molar-refractivity contribution in [1.29, 1.82) is 0 Å². The fourth-order valence-corrected chi connectivity index (χ4v) is 4.43. The van der Waals surface area contributed by atoms with Gasteiger partial charge in [0, 0.05) is 24.7 Å². The first-order valence-electron chi connectivity index (χ1n) is 11.5. The first-order chi connectivity index (χ1) is 16.7. The minimum Gasteiger partial charge on any atom is -0.492 e. The number of hydrogen-bond acceptors (Lipinski definition) is 8. The Labute approximate surface area is 206 Å². The van der Waals surface area contributed by atoms with E-state index in [1.54, 1.807) is 25.1 Å². The molecule has 0 aliphatic carbocycles. The average Bonchev–Trinajstić information content (AvgIpc) is 3.23. The van der Waals surface area contributed by atoms with E-state index in [0.717, 1.165) is 0 Å². The molecule has 0 unspecified atom stereocenters. The summed E-state index contributed by atoms with van der Waals surface area (Å²) in [6.45, 7) is 9.87. The minimum atomic E-state index is -3.77. The molecule has 1 aromatic heterocycles. The van der Waals surface area contributed by atoms with Crippen molar-refractivity contribution in [2.75, 3.05) is 29.9 Å². The largest absolute Gasteiger partial charge is 0.586 e. The van der Waals surface area contributed by atoms with Gasteiger partial charge in [0.05, 0.1) is 0 Å². The summed E-state index contributed by atoms with van der Waals surface area (Å²) in [5.41, 5.74) is -1.97. The Morgan fingerprint density at radius 1 is 1.08 bits per heavy atom. The van der Waals surface area contributed by atoms with Crippen LogP contribution in [0.5, 0.6) is 17.2 Å². The van der Waals surface area contributed by atoms with Crippen LogP contribution in [0.4, 0.5) is 20.4 Å². The van der Waals surface area contributed by atoms with Gasteiger partial charge in [-0.15, -0.1) is 8.78 Å². The summed E-state index contributed by atoms with van der Waals surface area (Å²) in [5, 5.41) is 2.80. The average molecular weight is 504 g/mol. The van der Waals surface area contributed by atoms with Crippen molar-refractivity contribution in [3.8, 4) is 17.2 Å². The molecule has 9 nitrogen and oxygen atoms in total. The molecule has 0 saturated carbocycles. The van der Waals surface area contributed by atoms with E-state index in [9.17, 15) is 18.4 Å². The number of halogens is 2. The maximum Gasteiger partial charge on any atom is 0.586 e.